The number of aliphatic carboxylic acids is 1. The van der Waals surface area contributed by atoms with E-state index in [0.29, 0.717) is 41.9 Å². The molecule has 2 atom stereocenters. The van der Waals surface area contributed by atoms with Gasteiger partial charge in [0.1, 0.15) is 11.9 Å². The van der Waals surface area contributed by atoms with Crippen molar-refractivity contribution < 1.29 is 45.4 Å². The number of carbonyl (C=O) groups excluding carboxylic acids is 1. The number of hydrogen-bond donors (Lipinski definition) is 2. The fraction of sp³-hybridized carbons (Fsp3) is 0.472. The number of amides is 1. The number of carboxylic acid groups (broad SMARTS) is 1. The highest BCUT2D eigenvalue weighted by Crippen LogP contribution is 2.40. The summed E-state index contributed by atoms with van der Waals surface area (Å²) in [5.41, 5.74) is -2.71. The van der Waals surface area contributed by atoms with Crippen molar-refractivity contribution in [1.29, 1.82) is 0 Å². The summed E-state index contributed by atoms with van der Waals surface area (Å²) in [7, 11) is 0. The number of nitrogens with one attached hydrogen (secondary N) is 1. The second kappa shape index (κ2) is 15.0. The first kappa shape index (κ1) is 38.6. The minimum absolute atomic E-state index is 0.0541. The number of likely N-dealkylation sites (tertiary alicyclic amines) is 1. The number of carboxylic acids is 1. The molecular formula is C36H40F7N3O4. The minimum atomic E-state index is -5.20. The summed E-state index contributed by atoms with van der Waals surface area (Å²) >= 11 is 0. The van der Waals surface area contributed by atoms with Crippen molar-refractivity contribution in [3.63, 3.8) is 0 Å². The molecule has 0 aliphatic carbocycles. The first-order valence-electron chi connectivity index (χ1n) is 16.2. The van der Waals surface area contributed by atoms with Gasteiger partial charge in [0.25, 0.3) is 5.56 Å². The molecule has 2 N–H and O–H groups in total. The Bertz CT molecular complexity index is 1810. The van der Waals surface area contributed by atoms with E-state index >= 15 is 4.39 Å². The molecule has 3 aromatic rings. The Labute approximate surface area is 285 Å². The van der Waals surface area contributed by atoms with Gasteiger partial charge in [-0.05, 0) is 105 Å². The zero-order valence-corrected chi connectivity index (χ0v) is 28.4. The van der Waals surface area contributed by atoms with E-state index < -0.39 is 70.8 Å². The smallest absolute Gasteiger partial charge is 0.419 e. The summed E-state index contributed by atoms with van der Waals surface area (Å²) in [6.07, 6.45) is -9.42. The van der Waals surface area contributed by atoms with Gasteiger partial charge in [-0.3, -0.25) is 14.4 Å². The number of alkyl halides is 6. The zero-order valence-electron chi connectivity index (χ0n) is 28.4. The molecule has 272 valence electrons. The Balaban J connectivity index is 1.85. The monoisotopic (exact) mass is 711 g/mol. The van der Waals surface area contributed by atoms with Gasteiger partial charge in [0.15, 0.2) is 0 Å². The summed E-state index contributed by atoms with van der Waals surface area (Å²) in [6.45, 7) is 10.1. The maximum atomic E-state index is 15.9. The number of hydrogen-bond acceptors (Lipinski definition) is 4. The molecule has 0 bridgehead atoms. The van der Waals surface area contributed by atoms with Gasteiger partial charge >= 0.3 is 18.3 Å². The van der Waals surface area contributed by atoms with E-state index in [-0.39, 0.29) is 36.4 Å². The van der Waals surface area contributed by atoms with Crippen molar-refractivity contribution in [2.24, 2.45) is 5.92 Å². The molecule has 2 heterocycles. The highest BCUT2D eigenvalue weighted by Gasteiger charge is 2.39. The van der Waals surface area contributed by atoms with Crippen LogP contribution in [0.1, 0.15) is 84.1 Å². The zero-order chi connectivity index (χ0) is 37.3. The fourth-order valence-electron chi connectivity index (χ4n) is 6.30. The first-order chi connectivity index (χ1) is 23.2. The number of aromatic nitrogens is 1. The number of rotatable bonds is 12. The van der Waals surface area contributed by atoms with Gasteiger partial charge in [0.2, 0.25) is 5.91 Å². The Kier molecular flexibility index (Phi) is 11.5. The molecule has 0 saturated carbocycles. The molecular weight excluding hydrogens is 671 g/mol. The predicted octanol–water partition coefficient (Wildman–Crippen LogP) is 7.78. The van der Waals surface area contributed by atoms with Crippen LogP contribution in [0, 0.1) is 32.5 Å². The number of pyridine rings is 1. The van der Waals surface area contributed by atoms with Crippen molar-refractivity contribution in [1.82, 2.24) is 14.8 Å². The largest absolute Gasteiger partial charge is 0.481 e. The number of aryl methyl sites for hydroxylation is 2. The lowest BCUT2D eigenvalue weighted by Crippen LogP contribution is -2.41. The number of benzene rings is 2. The van der Waals surface area contributed by atoms with Crippen molar-refractivity contribution >= 4 is 11.9 Å². The molecule has 1 aliphatic heterocycles. The molecule has 1 amide bonds. The van der Waals surface area contributed by atoms with Gasteiger partial charge in [-0.2, -0.15) is 26.3 Å². The summed E-state index contributed by atoms with van der Waals surface area (Å²) in [5.74, 6) is -4.75. The first-order valence-corrected chi connectivity index (χ1v) is 16.2. The SMILES string of the molecule is Cc1ccc(C)c(-c2cc(C(CC(=O)O)NC(=O)C(CC(C)C)n3cc(CCN4CCC4)c(C(F)(F)F)cc3=O)c(F)c(C(F)(F)F)c2)c1C. The van der Waals surface area contributed by atoms with Gasteiger partial charge in [0, 0.05) is 24.4 Å². The highest BCUT2D eigenvalue weighted by atomic mass is 19.4. The lowest BCUT2D eigenvalue weighted by Gasteiger charge is -2.31. The summed E-state index contributed by atoms with van der Waals surface area (Å²) < 4.78 is 101. The maximum absolute atomic E-state index is 15.9. The Morgan fingerprint density at radius 3 is 2.10 bits per heavy atom. The third-order valence-corrected chi connectivity index (χ3v) is 9.16. The average molecular weight is 712 g/mol. The fourth-order valence-corrected chi connectivity index (χ4v) is 6.30. The molecule has 4 rings (SSSR count). The molecule has 1 saturated heterocycles. The van der Waals surface area contributed by atoms with Gasteiger partial charge in [-0.15, -0.1) is 0 Å². The molecule has 14 heteroatoms. The highest BCUT2D eigenvalue weighted by molar-refractivity contribution is 5.82. The lowest BCUT2D eigenvalue weighted by atomic mass is 9.88. The van der Waals surface area contributed by atoms with E-state index in [1.807, 2.05) is 4.90 Å². The van der Waals surface area contributed by atoms with Crippen molar-refractivity contribution in [2.75, 3.05) is 19.6 Å². The molecule has 1 aliphatic rings. The predicted molar refractivity (Wildman–Crippen MR) is 173 cm³/mol. The summed E-state index contributed by atoms with van der Waals surface area (Å²) in [5, 5.41) is 12.1. The van der Waals surface area contributed by atoms with E-state index in [1.165, 1.54) is 0 Å². The van der Waals surface area contributed by atoms with Gasteiger partial charge < -0.3 is 19.9 Å². The number of nitrogens with zero attached hydrogens (tertiary/aromatic N) is 2. The summed E-state index contributed by atoms with van der Waals surface area (Å²) in [4.78, 5) is 41.1. The average Bonchev–Trinajstić information content (AvgIpc) is 2.96. The molecule has 2 aromatic carbocycles. The molecule has 1 aromatic heterocycles. The molecule has 2 unspecified atom stereocenters. The number of carbonyl (C=O) groups is 2. The van der Waals surface area contributed by atoms with E-state index in [4.69, 9.17) is 0 Å². The Morgan fingerprint density at radius 1 is 0.940 bits per heavy atom. The van der Waals surface area contributed by atoms with Crippen LogP contribution in [-0.2, 0) is 28.4 Å². The minimum Gasteiger partial charge on any atom is -0.481 e. The quantitative estimate of drug-likeness (QED) is 0.187. The van der Waals surface area contributed by atoms with Crippen LogP contribution < -0.4 is 10.9 Å². The second-order valence-corrected chi connectivity index (χ2v) is 13.3. The van der Waals surface area contributed by atoms with Crippen molar-refractivity contribution in [3.05, 3.63) is 91.6 Å². The summed E-state index contributed by atoms with van der Waals surface area (Å²) in [6, 6.07) is 2.22. The van der Waals surface area contributed by atoms with Crippen LogP contribution in [0.2, 0.25) is 0 Å². The lowest BCUT2D eigenvalue weighted by molar-refractivity contribution is -0.140. The van der Waals surface area contributed by atoms with E-state index in [0.717, 1.165) is 28.8 Å². The third kappa shape index (κ3) is 8.74. The van der Waals surface area contributed by atoms with Crippen LogP contribution in [0.25, 0.3) is 11.1 Å². The molecule has 7 nitrogen and oxygen atoms in total. The van der Waals surface area contributed by atoms with Crippen molar-refractivity contribution in [2.45, 2.75) is 84.7 Å². The van der Waals surface area contributed by atoms with Crippen LogP contribution in [0.15, 0.2) is 41.3 Å². The molecule has 50 heavy (non-hydrogen) atoms. The normalized spacial score (nSPS) is 15.1. The van der Waals surface area contributed by atoms with Crippen LogP contribution in [0.5, 0.6) is 0 Å². The third-order valence-electron chi connectivity index (χ3n) is 9.16. The van der Waals surface area contributed by atoms with E-state index in [9.17, 15) is 45.8 Å². The second-order valence-electron chi connectivity index (χ2n) is 13.3. The topological polar surface area (TPSA) is 91.6 Å². The standard InChI is InChI=1S/C36H40F7N3O4/c1-19(2)13-29(46-18-23(9-12-45-10-6-11-45)26(16-30(46)47)35(38,39)40)34(50)44-28(17-31(48)49)25-14-24(15-27(33(25)37)36(41,42)43)32-21(4)8-7-20(3)22(32)5/h7-8,14-16,18-19,28-29H,6,9-13,17H2,1-5H3,(H,44,50)(H,48,49). The van der Waals surface area contributed by atoms with Gasteiger partial charge in [-0.1, -0.05) is 26.0 Å². The van der Waals surface area contributed by atoms with Crippen LogP contribution >= 0.6 is 0 Å². The van der Waals surface area contributed by atoms with Crippen LogP contribution in [0.3, 0.4) is 0 Å². The Morgan fingerprint density at radius 2 is 1.56 bits per heavy atom. The van der Waals surface area contributed by atoms with Crippen molar-refractivity contribution in [3.8, 4) is 11.1 Å². The van der Waals surface area contributed by atoms with Gasteiger partial charge in [0.05, 0.1) is 23.6 Å². The van der Waals surface area contributed by atoms with Gasteiger partial charge in [-0.25, -0.2) is 4.39 Å². The van der Waals surface area contributed by atoms with Crippen LogP contribution in [0.4, 0.5) is 30.7 Å². The molecule has 0 spiro atoms. The van der Waals surface area contributed by atoms with E-state index in [2.05, 4.69) is 5.32 Å². The molecule has 1 fully saturated rings. The maximum Gasteiger partial charge on any atom is 0.419 e. The van der Waals surface area contributed by atoms with Crippen LogP contribution in [-0.4, -0.2) is 46.1 Å². The van der Waals surface area contributed by atoms with E-state index in [1.54, 1.807) is 46.8 Å². The number of halogens is 7. The Hall–Kier alpha value is -4.20. The molecule has 0 radical (unpaired) electrons.